The van der Waals surface area contributed by atoms with Crippen LogP contribution in [0, 0.1) is 0 Å². The van der Waals surface area contributed by atoms with Gasteiger partial charge in [0.25, 0.3) is 0 Å². The van der Waals surface area contributed by atoms with Crippen LogP contribution in [0.3, 0.4) is 0 Å². The van der Waals surface area contributed by atoms with Gasteiger partial charge < -0.3 is 20.8 Å². The Morgan fingerprint density at radius 2 is 2.06 bits per heavy atom. The summed E-state index contributed by atoms with van der Waals surface area (Å²) in [5, 5.41) is 19.1. The molecule has 0 aliphatic rings. The minimum absolute atomic E-state index is 0.132. The van der Waals surface area contributed by atoms with Gasteiger partial charge >= 0.3 is 0 Å². The number of nitrogens with zero attached hydrogens (tertiary/aromatic N) is 1. The zero-order valence-corrected chi connectivity index (χ0v) is 11.0. The number of rotatable bonds is 4. The SMILES string of the molecule is CN(C)CC(O)c1cc(Br)c(N)c(CO)c1. The number of nitrogens with two attached hydrogens (primary N) is 1. The van der Waals surface area contributed by atoms with Crippen LogP contribution in [0.5, 0.6) is 0 Å². The van der Waals surface area contributed by atoms with E-state index in [1.165, 1.54) is 0 Å². The molecule has 1 atom stereocenters. The maximum Gasteiger partial charge on any atom is 0.0917 e. The third kappa shape index (κ3) is 3.18. The molecule has 4 N–H and O–H groups in total. The largest absolute Gasteiger partial charge is 0.398 e. The van der Waals surface area contributed by atoms with E-state index >= 15 is 0 Å². The highest BCUT2D eigenvalue weighted by Crippen LogP contribution is 2.28. The van der Waals surface area contributed by atoms with Crippen molar-refractivity contribution in [3.05, 3.63) is 27.7 Å². The van der Waals surface area contributed by atoms with E-state index in [2.05, 4.69) is 15.9 Å². The second-order valence-corrected chi connectivity index (χ2v) is 4.87. The fourth-order valence-electron chi connectivity index (χ4n) is 1.47. The van der Waals surface area contributed by atoms with Gasteiger partial charge in [-0.1, -0.05) is 0 Å². The van der Waals surface area contributed by atoms with Crippen LogP contribution >= 0.6 is 15.9 Å². The molecule has 0 bridgehead atoms. The zero-order chi connectivity index (χ0) is 12.3. The molecule has 0 amide bonds. The first-order chi connectivity index (χ1) is 7.45. The number of hydrogen-bond donors (Lipinski definition) is 3. The fourth-order valence-corrected chi connectivity index (χ4v) is 1.99. The Bertz CT molecular complexity index is 369. The average molecular weight is 289 g/mol. The Morgan fingerprint density at radius 1 is 1.44 bits per heavy atom. The number of likely N-dealkylation sites (N-methyl/N-ethyl adjacent to an activating group) is 1. The number of nitrogen functional groups attached to an aromatic ring is 1. The Labute approximate surface area is 104 Å². The van der Waals surface area contributed by atoms with Crippen molar-refractivity contribution < 1.29 is 10.2 Å². The molecule has 0 aromatic heterocycles. The van der Waals surface area contributed by atoms with E-state index in [1.807, 2.05) is 19.0 Å². The molecule has 90 valence electrons. The Balaban J connectivity index is 3.01. The lowest BCUT2D eigenvalue weighted by atomic mass is 10.0. The van der Waals surface area contributed by atoms with Crippen molar-refractivity contribution in [1.82, 2.24) is 4.90 Å². The van der Waals surface area contributed by atoms with Crippen molar-refractivity contribution in [2.45, 2.75) is 12.7 Å². The molecule has 0 heterocycles. The second kappa shape index (κ2) is 5.63. The summed E-state index contributed by atoms with van der Waals surface area (Å²) >= 11 is 3.31. The highest BCUT2D eigenvalue weighted by molar-refractivity contribution is 9.10. The topological polar surface area (TPSA) is 69.7 Å². The van der Waals surface area contributed by atoms with Crippen LogP contribution in [0.25, 0.3) is 0 Å². The van der Waals surface area contributed by atoms with E-state index in [4.69, 9.17) is 10.8 Å². The summed E-state index contributed by atoms with van der Waals surface area (Å²) in [6, 6.07) is 3.51. The van der Waals surface area contributed by atoms with Gasteiger partial charge in [-0.2, -0.15) is 0 Å². The van der Waals surface area contributed by atoms with E-state index in [0.29, 0.717) is 22.3 Å². The highest BCUT2D eigenvalue weighted by atomic mass is 79.9. The standard InChI is InChI=1S/C11H17BrN2O2/c1-14(2)5-10(16)7-3-8(6-15)11(13)9(12)4-7/h3-4,10,15-16H,5-6,13H2,1-2H3. The molecule has 1 aromatic rings. The first kappa shape index (κ1) is 13.4. The molecule has 5 heteroatoms. The molecule has 4 nitrogen and oxygen atoms in total. The predicted molar refractivity (Wildman–Crippen MR) is 68.0 cm³/mol. The van der Waals surface area contributed by atoms with E-state index in [-0.39, 0.29) is 6.61 Å². The molecule has 0 fully saturated rings. The van der Waals surface area contributed by atoms with Crippen molar-refractivity contribution in [1.29, 1.82) is 0 Å². The summed E-state index contributed by atoms with van der Waals surface area (Å²) in [6.07, 6.45) is -0.586. The summed E-state index contributed by atoms with van der Waals surface area (Å²) in [5.41, 5.74) is 7.66. The lowest BCUT2D eigenvalue weighted by Gasteiger charge is -2.18. The zero-order valence-electron chi connectivity index (χ0n) is 9.44. The third-order valence-corrected chi connectivity index (χ3v) is 2.99. The van der Waals surface area contributed by atoms with Crippen molar-refractivity contribution in [2.75, 3.05) is 26.4 Å². The van der Waals surface area contributed by atoms with Crippen molar-refractivity contribution in [3.63, 3.8) is 0 Å². The van der Waals surface area contributed by atoms with Crippen molar-refractivity contribution in [2.24, 2.45) is 0 Å². The van der Waals surface area contributed by atoms with Crippen molar-refractivity contribution >= 4 is 21.6 Å². The molecule has 0 saturated carbocycles. The van der Waals surface area contributed by atoms with Gasteiger partial charge in [0.15, 0.2) is 0 Å². The lowest BCUT2D eigenvalue weighted by molar-refractivity contribution is 0.138. The summed E-state index contributed by atoms with van der Waals surface area (Å²) < 4.78 is 0.701. The molecule has 0 radical (unpaired) electrons. The van der Waals surface area contributed by atoms with E-state index in [0.717, 1.165) is 5.56 Å². The second-order valence-electron chi connectivity index (χ2n) is 4.01. The van der Waals surface area contributed by atoms with Crippen LogP contribution in [0.15, 0.2) is 16.6 Å². The van der Waals surface area contributed by atoms with Gasteiger partial charge in [-0.15, -0.1) is 0 Å². The van der Waals surface area contributed by atoms with Crippen LogP contribution in [0.4, 0.5) is 5.69 Å². The molecule has 1 unspecified atom stereocenters. The smallest absolute Gasteiger partial charge is 0.0917 e. The molecular formula is C11H17BrN2O2. The molecule has 16 heavy (non-hydrogen) atoms. The van der Waals surface area contributed by atoms with Crippen molar-refractivity contribution in [3.8, 4) is 0 Å². The summed E-state index contributed by atoms with van der Waals surface area (Å²) in [6.45, 7) is 0.397. The Hall–Kier alpha value is -0.620. The van der Waals surface area contributed by atoms with Gasteiger partial charge in [0.05, 0.1) is 18.4 Å². The first-order valence-electron chi connectivity index (χ1n) is 4.97. The molecule has 1 aromatic carbocycles. The predicted octanol–water partition coefficient (Wildman–Crippen LogP) is 1.12. The average Bonchev–Trinajstić information content (AvgIpc) is 2.20. The van der Waals surface area contributed by atoms with Crippen LogP contribution in [-0.4, -0.2) is 35.8 Å². The van der Waals surface area contributed by atoms with Gasteiger partial charge in [0.2, 0.25) is 0 Å². The third-order valence-electron chi connectivity index (χ3n) is 2.33. The molecule has 0 saturated heterocycles. The molecule has 0 aliphatic heterocycles. The van der Waals surface area contributed by atoms with E-state index < -0.39 is 6.10 Å². The highest BCUT2D eigenvalue weighted by Gasteiger charge is 2.13. The molecule has 1 rings (SSSR count). The summed E-state index contributed by atoms with van der Waals surface area (Å²) in [5.74, 6) is 0. The molecular weight excluding hydrogens is 272 g/mol. The molecule has 0 aliphatic carbocycles. The number of hydrogen-bond acceptors (Lipinski definition) is 4. The summed E-state index contributed by atoms with van der Waals surface area (Å²) in [4.78, 5) is 1.90. The van der Waals surface area contributed by atoms with E-state index in [9.17, 15) is 5.11 Å². The Morgan fingerprint density at radius 3 is 2.56 bits per heavy atom. The van der Waals surface area contributed by atoms with Gasteiger partial charge in [-0.05, 0) is 47.7 Å². The van der Waals surface area contributed by atoms with Gasteiger partial charge in [-0.25, -0.2) is 0 Å². The summed E-state index contributed by atoms with van der Waals surface area (Å²) in [7, 11) is 3.78. The number of benzene rings is 1. The lowest BCUT2D eigenvalue weighted by Crippen LogP contribution is -2.20. The molecule has 0 spiro atoms. The Kier molecular flexibility index (Phi) is 4.73. The normalized spacial score (nSPS) is 13.1. The maximum atomic E-state index is 9.94. The van der Waals surface area contributed by atoms with Crippen LogP contribution in [0.2, 0.25) is 0 Å². The maximum absolute atomic E-state index is 9.94. The van der Waals surface area contributed by atoms with Crippen LogP contribution in [0.1, 0.15) is 17.2 Å². The first-order valence-corrected chi connectivity index (χ1v) is 5.76. The number of aliphatic hydroxyl groups excluding tert-OH is 2. The fraction of sp³-hybridized carbons (Fsp3) is 0.455. The van der Waals surface area contributed by atoms with Crippen LogP contribution < -0.4 is 5.73 Å². The quantitative estimate of drug-likeness (QED) is 0.726. The van der Waals surface area contributed by atoms with Gasteiger partial charge in [-0.3, -0.25) is 0 Å². The monoisotopic (exact) mass is 288 g/mol. The van der Waals surface area contributed by atoms with E-state index in [1.54, 1.807) is 12.1 Å². The van der Waals surface area contributed by atoms with Gasteiger partial charge in [0, 0.05) is 16.6 Å². The number of aliphatic hydroxyl groups is 2. The number of anilines is 1. The minimum Gasteiger partial charge on any atom is -0.398 e. The van der Waals surface area contributed by atoms with Crippen LogP contribution in [-0.2, 0) is 6.61 Å². The van der Waals surface area contributed by atoms with Gasteiger partial charge in [0.1, 0.15) is 0 Å². The minimum atomic E-state index is -0.586. The number of halogens is 1.